The van der Waals surface area contributed by atoms with Crippen LogP contribution in [0.5, 0.6) is 0 Å². The minimum absolute atomic E-state index is 0.740. The van der Waals surface area contributed by atoms with Gasteiger partial charge < -0.3 is 0 Å². The second kappa shape index (κ2) is 4.30. The largest absolute Gasteiger partial charge is 0.0885 e. The molecular weight excluding hydrogens is 156 g/mol. The fourth-order valence-corrected chi connectivity index (χ4v) is 3.08. The van der Waals surface area contributed by atoms with Gasteiger partial charge in [-0.2, -0.15) is 0 Å². The Balaban J connectivity index is 2.01. The highest BCUT2D eigenvalue weighted by molar-refractivity contribution is 4.95. The Labute approximate surface area is 82.4 Å². The van der Waals surface area contributed by atoms with Crippen molar-refractivity contribution in [3.63, 3.8) is 0 Å². The Hall–Kier alpha value is -0.260. The molecule has 2 rings (SSSR count). The molecule has 0 aromatic rings. The van der Waals surface area contributed by atoms with E-state index in [1.54, 1.807) is 0 Å². The molecule has 0 nitrogen and oxygen atoms in total. The molecule has 2 aliphatic rings. The normalized spacial score (nSPS) is 28.3. The fourth-order valence-electron chi connectivity index (χ4n) is 3.08. The van der Waals surface area contributed by atoms with E-state index >= 15 is 0 Å². The van der Waals surface area contributed by atoms with Gasteiger partial charge in [-0.3, -0.25) is 0 Å². The van der Waals surface area contributed by atoms with E-state index in [1.807, 2.05) is 0 Å². The summed E-state index contributed by atoms with van der Waals surface area (Å²) in [5, 5.41) is 0. The van der Waals surface area contributed by atoms with Gasteiger partial charge in [0.05, 0.1) is 0 Å². The Morgan fingerprint density at radius 3 is 2.15 bits per heavy atom. The molecule has 0 bridgehead atoms. The molecule has 0 radical (unpaired) electrons. The van der Waals surface area contributed by atoms with E-state index in [2.05, 4.69) is 12.2 Å². The molecule has 0 unspecified atom stereocenters. The van der Waals surface area contributed by atoms with Gasteiger partial charge in [0, 0.05) is 0 Å². The van der Waals surface area contributed by atoms with Gasteiger partial charge in [0.25, 0.3) is 0 Å². The lowest BCUT2D eigenvalue weighted by atomic mass is 9.74. The molecule has 0 heterocycles. The third kappa shape index (κ3) is 2.36. The van der Waals surface area contributed by atoms with Gasteiger partial charge in [-0.25, -0.2) is 0 Å². The van der Waals surface area contributed by atoms with E-state index < -0.39 is 0 Å². The zero-order chi connectivity index (χ0) is 8.99. The predicted molar refractivity (Wildman–Crippen MR) is 57.7 cm³/mol. The molecule has 0 aliphatic heterocycles. The predicted octanol–water partition coefficient (Wildman–Crippen LogP) is 4.46. The molecule has 0 amide bonds. The summed E-state index contributed by atoms with van der Waals surface area (Å²) >= 11 is 0. The first-order chi connectivity index (χ1) is 6.41. The number of allylic oxidation sites excluding steroid dienone is 2. The van der Waals surface area contributed by atoms with Crippen LogP contribution in [-0.2, 0) is 0 Å². The summed E-state index contributed by atoms with van der Waals surface area (Å²) in [6, 6.07) is 0. The Bertz CT molecular complexity index is 170. The van der Waals surface area contributed by atoms with Crippen molar-refractivity contribution in [2.75, 3.05) is 0 Å². The molecule has 0 aromatic carbocycles. The first-order valence-corrected chi connectivity index (χ1v) is 6.06. The number of rotatable bonds is 0. The molecule has 1 spiro atoms. The Morgan fingerprint density at radius 2 is 1.38 bits per heavy atom. The summed E-state index contributed by atoms with van der Waals surface area (Å²) < 4.78 is 0. The lowest BCUT2D eigenvalue weighted by Crippen LogP contribution is -2.18. The van der Waals surface area contributed by atoms with Gasteiger partial charge in [-0.15, -0.1) is 0 Å². The first kappa shape index (κ1) is 9.30. The first-order valence-electron chi connectivity index (χ1n) is 6.06. The van der Waals surface area contributed by atoms with Gasteiger partial charge in [0.1, 0.15) is 0 Å². The average Bonchev–Trinajstić information content (AvgIpc) is 2.50. The third-order valence-corrected chi connectivity index (χ3v) is 3.96. The van der Waals surface area contributed by atoms with Gasteiger partial charge in [0.2, 0.25) is 0 Å². The maximum atomic E-state index is 2.46. The quantitative estimate of drug-likeness (QED) is 0.480. The van der Waals surface area contributed by atoms with Crippen molar-refractivity contribution in [3.05, 3.63) is 12.2 Å². The van der Waals surface area contributed by atoms with Crippen molar-refractivity contribution < 1.29 is 0 Å². The van der Waals surface area contributed by atoms with Crippen LogP contribution in [0.25, 0.3) is 0 Å². The lowest BCUT2D eigenvalue weighted by Gasteiger charge is -2.30. The topological polar surface area (TPSA) is 0 Å². The zero-order valence-corrected chi connectivity index (χ0v) is 8.73. The number of hydrogen-bond donors (Lipinski definition) is 0. The molecule has 13 heavy (non-hydrogen) atoms. The molecule has 0 aromatic heterocycles. The van der Waals surface area contributed by atoms with Gasteiger partial charge in [-0.1, -0.05) is 37.8 Å². The molecule has 0 heteroatoms. The van der Waals surface area contributed by atoms with Crippen LogP contribution in [0.2, 0.25) is 0 Å². The Morgan fingerprint density at radius 1 is 0.692 bits per heavy atom. The van der Waals surface area contributed by atoms with E-state index in [-0.39, 0.29) is 0 Å². The van der Waals surface area contributed by atoms with E-state index in [0.717, 1.165) is 5.41 Å². The van der Waals surface area contributed by atoms with Crippen molar-refractivity contribution in [1.29, 1.82) is 0 Å². The van der Waals surface area contributed by atoms with E-state index in [1.165, 1.54) is 64.2 Å². The zero-order valence-electron chi connectivity index (χ0n) is 8.73. The fraction of sp³-hybridized carbons (Fsp3) is 0.846. The number of hydrogen-bond acceptors (Lipinski definition) is 0. The van der Waals surface area contributed by atoms with Crippen LogP contribution < -0.4 is 0 Å². The summed E-state index contributed by atoms with van der Waals surface area (Å²) in [6.07, 6.45) is 19.5. The summed E-state index contributed by atoms with van der Waals surface area (Å²) in [6.45, 7) is 0. The third-order valence-electron chi connectivity index (χ3n) is 3.96. The summed E-state index contributed by atoms with van der Waals surface area (Å²) in [5.41, 5.74) is 0.740. The Kier molecular flexibility index (Phi) is 3.08. The van der Waals surface area contributed by atoms with Crippen LogP contribution in [0, 0.1) is 5.41 Å². The maximum Gasteiger partial charge on any atom is -0.0263 e. The molecule has 1 fully saturated rings. The molecule has 1 saturated carbocycles. The van der Waals surface area contributed by atoms with E-state index in [4.69, 9.17) is 0 Å². The van der Waals surface area contributed by atoms with Crippen LogP contribution in [0.15, 0.2) is 12.2 Å². The van der Waals surface area contributed by atoms with Crippen LogP contribution in [0.1, 0.15) is 64.2 Å². The highest BCUT2D eigenvalue weighted by Gasteiger charge is 2.29. The van der Waals surface area contributed by atoms with Crippen molar-refractivity contribution in [1.82, 2.24) is 0 Å². The van der Waals surface area contributed by atoms with Crippen LogP contribution in [0.4, 0.5) is 0 Å². The SMILES string of the molecule is C1=CCC2(CCC1)CCCCCC2. The standard InChI is InChI=1S/C13H22/c1-2-6-10-13(9-5-1)11-7-3-4-8-12-13/h1,5H,2-4,6-12H2. The highest BCUT2D eigenvalue weighted by atomic mass is 14.3. The second-order valence-corrected chi connectivity index (χ2v) is 4.98. The van der Waals surface area contributed by atoms with Crippen LogP contribution >= 0.6 is 0 Å². The molecule has 0 saturated heterocycles. The lowest BCUT2D eigenvalue weighted by molar-refractivity contribution is 0.224. The maximum absolute atomic E-state index is 2.46. The van der Waals surface area contributed by atoms with Crippen molar-refractivity contribution in [2.45, 2.75) is 64.2 Å². The van der Waals surface area contributed by atoms with Gasteiger partial charge in [-0.05, 0) is 43.9 Å². The molecule has 0 atom stereocenters. The second-order valence-electron chi connectivity index (χ2n) is 4.98. The van der Waals surface area contributed by atoms with Crippen molar-refractivity contribution in [3.8, 4) is 0 Å². The molecule has 0 N–H and O–H groups in total. The van der Waals surface area contributed by atoms with E-state index in [9.17, 15) is 0 Å². The summed E-state index contributed by atoms with van der Waals surface area (Å²) in [4.78, 5) is 0. The highest BCUT2D eigenvalue weighted by Crippen LogP contribution is 2.43. The van der Waals surface area contributed by atoms with Gasteiger partial charge in [0.15, 0.2) is 0 Å². The smallest absolute Gasteiger partial charge is 0.0263 e. The van der Waals surface area contributed by atoms with Crippen molar-refractivity contribution in [2.24, 2.45) is 5.41 Å². The summed E-state index contributed by atoms with van der Waals surface area (Å²) in [5.74, 6) is 0. The monoisotopic (exact) mass is 178 g/mol. The average molecular weight is 178 g/mol. The molecule has 2 aliphatic carbocycles. The molecule has 74 valence electrons. The minimum atomic E-state index is 0.740. The van der Waals surface area contributed by atoms with E-state index in [0.29, 0.717) is 0 Å². The van der Waals surface area contributed by atoms with Crippen LogP contribution in [-0.4, -0.2) is 0 Å². The van der Waals surface area contributed by atoms with Gasteiger partial charge >= 0.3 is 0 Å². The van der Waals surface area contributed by atoms with Crippen molar-refractivity contribution >= 4 is 0 Å². The summed E-state index contributed by atoms with van der Waals surface area (Å²) in [7, 11) is 0. The minimum Gasteiger partial charge on any atom is -0.0885 e. The van der Waals surface area contributed by atoms with Crippen LogP contribution in [0.3, 0.4) is 0 Å². The molecular formula is C13H22.